The predicted octanol–water partition coefficient (Wildman–Crippen LogP) is 4.75. The van der Waals surface area contributed by atoms with Crippen LogP contribution < -0.4 is 10.0 Å². The Morgan fingerprint density at radius 1 is 1.04 bits per heavy atom. The minimum Gasteiger partial charge on any atom is -0.347 e. The molecule has 2 N–H and O–H groups in total. The molecule has 1 heterocycles. The minimum atomic E-state index is -3.81. The van der Waals surface area contributed by atoms with Crippen molar-refractivity contribution in [1.82, 2.24) is 5.32 Å². The first-order valence-corrected chi connectivity index (χ1v) is 11.1. The molecule has 0 bridgehead atoms. The third-order valence-electron chi connectivity index (χ3n) is 4.12. The highest BCUT2D eigenvalue weighted by molar-refractivity contribution is 7.92. The van der Waals surface area contributed by atoms with Crippen molar-refractivity contribution < 1.29 is 13.2 Å². The second kappa shape index (κ2) is 8.34. The van der Waals surface area contributed by atoms with Crippen LogP contribution in [0.25, 0.3) is 0 Å². The molecule has 0 radical (unpaired) electrons. The molecular formula is C20H19ClN2O3S2. The van der Waals surface area contributed by atoms with E-state index in [0.29, 0.717) is 27.7 Å². The van der Waals surface area contributed by atoms with Crippen molar-refractivity contribution in [2.75, 3.05) is 4.72 Å². The fourth-order valence-electron chi connectivity index (χ4n) is 2.56. The van der Waals surface area contributed by atoms with Crippen LogP contribution in [0.4, 0.5) is 5.69 Å². The van der Waals surface area contributed by atoms with E-state index in [1.165, 1.54) is 23.5 Å². The Morgan fingerprint density at radius 2 is 1.75 bits per heavy atom. The third kappa shape index (κ3) is 4.92. The van der Waals surface area contributed by atoms with Gasteiger partial charge in [-0.05, 0) is 55.8 Å². The standard InChI is InChI=1S/C20H19ClN2O3S2/c1-13-3-6-15(7-4-13)23-28(25,26)17-9-5-14(2)18(11-17)20(24)22-12-16-8-10-19(21)27-16/h3-11,23H,12H2,1-2H3,(H,22,24). The molecule has 5 nitrogen and oxygen atoms in total. The van der Waals surface area contributed by atoms with E-state index < -0.39 is 10.0 Å². The van der Waals surface area contributed by atoms with Gasteiger partial charge in [0, 0.05) is 16.1 Å². The molecule has 1 amide bonds. The molecule has 146 valence electrons. The lowest BCUT2D eigenvalue weighted by molar-refractivity contribution is 0.0950. The molecule has 0 fully saturated rings. The van der Waals surface area contributed by atoms with Gasteiger partial charge in [-0.2, -0.15) is 0 Å². The van der Waals surface area contributed by atoms with Crippen molar-refractivity contribution in [3.8, 4) is 0 Å². The highest BCUT2D eigenvalue weighted by Crippen LogP contribution is 2.22. The van der Waals surface area contributed by atoms with Crippen molar-refractivity contribution in [3.05, 3.63) is 80.5 Å². The lowest BCUT2D eigenvalue weighted by Gasteiger charge is -2.12. The van der Waals surface area contributed by atoms with E-state index in [1.54, 1.807) is 31.2 Å². The number of benzene rings is 2. The summed E-state index contributed by atoms with van der Waals surface area (Å²) in [7, 11) is -3.81. The summed E-state index contributed by atoms with van der Waals surface area (Å²) >= 11 is 7.28. The Bertz CT molecular complexity index is 1110. The maximum atomic E-state index is 12.7. The molecule has 0 aliphatic rings. The van der Waals surface area contributed by atoms with Gasteiger partial charge in [0.15, 0.2) is 0 Å². The Morgan fingerprint density at radius 3 is 2.39 bits per heavy atom. The summed E-state index contributed by atoms with van der Waals surface area (Å²) in [6.07, 6.45) is 0. The lowest BCUT2D eigenvalue weighted by atomic mass is 10.1. The molecule has 3 rings (SSSR count). The Kier molecular flexibility index (Phi) is 6.07. The van der Waals surface area contributed by atoms with E-state index >= 15 is 0 Å². The molecule has 1 aromatic heterocycles. The van der Waals surface area contributed by atoms with Crippen molar-refractivity contribution in [2.24, 2.45) is 0 Å². The molecule has 2 aromatic carbocycles. The normalized spacial score (nSPS) is 11.2. The summed E-state index contributed by atoms with van der Waals surface area (Å²) in [5.41, 5.74) is 2.50. The fraction of sp³-hybridized carbons (Fsp3) is 0.150. The summed E-state index contributed by atoms with van der Waals surface area (Å²) in [6.45, 7) is 4.02. The van der Waals surface area contributed by atoms with Gasteiger partial charge in [-0.1, -0.05) is 35.4 Å². The highest BCUT2D eigenvalue weighted by Gasteiger charge is 2.18. The Hall–Kier alpha value is -2.35. The maximum absolute atomic E-state index is 12.7. The van der Waals surface area contributed by atoms with Gasteiger partial charge < -0.3 is 5.32 Å². The predicted molar refractivity (Wildman–Crippen MR) is 114 cm³/mol. The Labute approximate surface area is 173 Å². The van der Waals surface area contributed by atoms with Crippen LogP contribution >= 0.6 is 22.9 Å². The lowest BCUT2D eigenvalue weighted by Crippen LogP contribution is -2.24. The number of rotatable bonds is 6. The Balaban J connectivity index is 1.79. The number of halogens is 1. The number of hydrogen-bond donors (Lipinski definition) is 2. The van der Waals surface area contributed by atoms with Crippen LogP contribution in [0.15, 0.2) is 59.5 Å². The number of thiophene rings is 1. The molecule has 0 aliphatic carbocycles. The summed E-state index contributed by atoms with van der Waals surface area (Å²) in [6, 6.07) is 15.1. The largest absolute Gasteiger partial charge is 0.347 e. The van der Waals surface area contributed by atoms with Crippen LogP contribution in [0.2, 0.25) is 4.34 Å². The molecule has 8 heteroatoms. The van der Waals surface area contributed by atoms with Gasteiger partial charge in [-0.15, -0.1) is 11.3 Å². The number of nitrogens with one attached hydrogen (secondary N) is 2. The minimum absolute atomic E-state index is 0.0305. The molecular weight excluding hydrogens is 416 g/mol. The number of hydrogen-bond acceptors (Lipinski definition) is 4. The molecule has 3 aromatic rings. The van der Waals surface area contributed by atoms with Crippen molar-refractivity contribution in [3.63, 3.8) is 0 Å². The quantitative estimate of drug-likeness (QED) is 0.587. The third-order valence-corrected chi connectivity index (χ3v) is 6.73. The van der Waals surface area contributed by atoms with E-state index in [-0.39, 0.29) is 10.8 Å². The van der Waals surface area contributed by atoms with Crippen LogP contribution in [0.1, 0.15) is 26.4 Å². The first-order chi connectivity index (χ1) is 13.2. The average Bonchev–Trinajstić information content (AvgIpc) is 3.07. The number of anilines is 1. The van der Waals surface area contributed by atoms with Crippen LogP contribution in [-0.2, 0) is 16.6 Å². The van der Waals surface area contributed by atoms with E-state index in [2.05, 4.69) is 10.0 Å². The number of sulfonamides is 1. The molecule has 0 saturated heterocycles. The topological polar surface area (TPSA) is 75.3 Å². The van der Waals surface area contributed by atoms with Gasteiger partial charge in [0.1, 0.15) is 0 Å². The number of carbonyl (C=O) groups is 1. The summed E-state index contributed by atoms with van der Waals surface area (Å²) < 4.78 is 28.6. The van der Waals surface area contributed by atoms with Gasteiger partial charge in [-0.3, -0.25) is 9.52 Å². The molecule has 0 aliphatic heterocycles. The number of amides is 1. The van der Waals surface area contributed by atoms with Gasteiger partial charge in [-0.25, -0.2) is 8.42 Å². The van der Waals surface area contributed by atoms with Crippen molar-refractivity contribution in [1.29, 1.82) is 0 Å². The molecule has 0 atom stereocenters. The van der Waals surface area contributed by atoms with Gasteiger partial charge >= 0.3 is 0 Å². The maximum Gasteiger partial charge on any atom is 0.261 e. The smallest absolute Gasteiger partial charge is 0.261 e. The van der Waals surface area contributed by atoms with E-state index in [9.17, 15) is 13.2 Å². The SMILES string of the molecule is Cc1ccc(NS(=O)(=O)c2ccc(C)c(C(=O)NCc3ccc(Cl)s3)c2)cc1. The second-order valence-electron chi connectivity index (χ2n) is 6.34. The molecule has 28 heavy (non-hydrogen) atoms. The number of aryl methyl sites for hydroxylation is 2. The van der Waals surface area contributed by atoms with Gasteiger partial charge in [0.25, 0.3) is 15.9 Å². The second-order valence-corrected chi connectivity index (χ2v) is 9.82. The van der Waals surface area contributed by atoms with E-state index in [0.717, 1.165) is 10.4 Å². The fourth-order valence-corrected chi connectivity index (χ4v) is 4.67. The first-order valence-electron chi connectivity index (χ1n) is 8.47. The summed E-state index contributed by atoms with van der Waals surface area (Å²) in [4.78, 5) is 13.5. The monoisotopic (exact) mass is 434 g/mol. The van der Waals surface area contributed by atoms with Crippen LogP contribution in [0, 0.1) is 13.8 Å². The summed E-state index contributed by atoms with van der Waals surface area (Å²) in [5.74, 6) is -0.339. The van der Waals surface area contributed by atoms with Crippen LogP contribution in [-0.4, -0.2) is 14.3 Å². The molecule has 0 spiro atoms. The summed E-state index contributed by atoms with van der Waals surface area (Å²) in [5, 5.41) is 2.80. The zero-order valence-electron chi connectivity index (χ0n) is 15.3. The molecule has 0 unspecified atom stereocenters. The van der Waals surface area contributed by atoms with Crippen LogP contribution in [0.3, 0.4) is 0 Å². The van der Waals surface area contributed by atoms with Gasteiger partial charge in [0.05, 0.1) is 15.8 Å². The average molecular weight is 435 g/mol. The van der Waals surface area contributed by atoms with Crippen molar-refractivity contribution in [2.45, 2.75) is 25.3 Å². The zero-order valence-corrected chi connectivity index (χ0v) is 17.7. The van der Waals surface area contributed by atoms with Gasteiger partial charge in [0.2, 0.25) is 0 Å². The van der Waals surface area contributed by atoms with E-state index in [1.807, 2.05) is 25.1 Å². The zero-order chi connectivity index (χ0) is 20.3. The highest BCUT2D eigenvalue weighted by atomic mass is 35.5. The van der Waals surface area contributed by atoms with E-state index in [4.69, 9.17) is 11.6 Å². The molecule has 0 saturated carbocycles. The number of carbonyl (C=O) groups excluding carboxylic acids is 1. The van der Waals surface area contributed by atoms with Crippen LogP contribution in [0.5, 0.6) is 0 Å². The van der Waals surface area contributed by atoms with Crippen molar-refractivity contribution >= 4 is 44.6 Å². The first kappa shape index (κ1) is 20.4.